The molecule has 1 aromatic carbocycles. The van der Waals surface area contributed by atoms with Crippen molar-refractivity contribution in [2.75, 3.05) is 32.4 Å². The number of ether oxygens (including phenoxy) is 1. The molecule has 0 saturated carbocycles. The van der Waals surface area contributed by atoms with Gasteiger partial charge in [0.05, 0.1) is 11.3 Å². The first kappa shape index (κ1) is 21.6. The molecule has 1 saturated heterocycles. The lowest BCUT2D eigenvalue weighted by molar-refractivity contribution is 0.0141. The molecule has 150 valence electrons. The zero-order chi connectivity index (χ0) is 20.7. The summed E-state index contributed by atoms with van der Waals surface area (Å²) in [5.74, 6) is -0.152. The van der Waals surface area contributed by atoms with Gasteiger partial charge >= 0.3 is 6.09 Å². The Morgan fingerprint density at radius 2 is 1.79 bits per heavy atom. The Morgan fingerprint density at radius 1 is 1.18 bits per heavy atom. The second-order valence-corrected chi connectivity index (χ2v) is 7.93. The van der Waals surface area contributed by atoms with E-state index >= 15 is 0 Å². The van der Waals surface area contributed by atoms with Crippen molar-refractivity contribution in [3.63, 3.8) is 0 Å². The number of thioether (sulfide) groups is 1. The van der Waals surface area contributed by atoms with Crippen molar-refractivity contribution >= 4 is 34.6 Å². The van der Waals surface area contributed by atoms with E-state index in [1.54, 1.807) is 40.3 Å². The van der Waals surface area contributed by atoms with Gasteiger partial charge in [0.25, 0.3) is 5.91 Å². The van der Waals surface area contributed by atoms with Gasteiger partial charge in [-0.3, -0.25) is 10.1 Å². The lowest BCUT2D eigenvalue weighted by Crippen LogP contribution is -2.51. The second-order valence-electron chi connectivity index (χ2n) is 7.13. The predicted octanol–water partition coefficient (Wildman–Crippen LogP) is 2.80. The number of nitrogens with one attached hydrogen (secondary N) is 1. The lowest BCUT2D eigenvalue weighted by atomic mass is 10.1. The van der Waals surface area contributed by atoms with Crippen LogP contribution < -0.4 is 5.32 Å². The molecule has 0 aromatic heterocycles. The average Bonchev–Trinajstić information content (AvgIpc) is 2.66. The van der Waals surface area contributed by atoms with Crippen molar-refractivity contribution in [2.45, 2.75) is 26.4 Å². The standard InChI is InChI=1S/C19H25N5O3S/c1-19(2,3)27-18(26)24-11-9-23(10-12-24)16(25)14-7-5-6-8-15(14)22-17(28-4)21-13-20/h5-8H,9-12H2,1-4H3,(H,21,22). The number of carbonyl (C=O) groups excluding carboxylic acids is 2. The van der Waals surface area contributed by atoms with E-state index in [1.807, 2.05) is 27.0 Å². The maximum absolute atomic E-state index is 13.0. The zero-order valence-corrected chi connectivity index (χ0v) is 17.4. The number of para-hydroxylation sites is 1. The van der Waals surface area contributed by atoms with Crippen molar-refractivity contribution in [3.05, 3.63) is 29.8 Å². The van der Waals surface area contributed by atoms with Gasteiger partial charge in [-0.05, 0) is 39.2 Å². The Balaban J connectivity index is 2.08. The molecular formula is C19H25N5O3S. The van der Waals surface area contributed by atoms with Crippen molar-refractivity contribution in [3.8, 4) is 6.19 Å². The van der Waals surface area contributed by atoms with Gasteiger partial charge in [0.15, 0.2) is 11.4 Å². The van der Waals surface area contributed by atoms with Crippen LogP contribution in [0, 0.1) is 11.5 Å². The molecule has 1 fully saturated rings. The van der Waals surface area contributed by atoms with Crippen LogP contribution in [0.1, 0.15) is 31.1 Å². The average molecular weight is 404 g/mol. The molecule has 2 amide bonds. The number of nitriles is 1. The van der Waals surface area contributed by atoms with Crippen LogP contribution in [-0.2, 0) is 4.74 Å². The third kappa shape index (κ3) is 5.89. The molecule has 9 heteroatoms. The molecule has 2 rings (SSSR count). The molecule has 28 heavy (non-hydrogen) atoms. The van der Waals surface area contributed by atoms with E-state index in [9.17, 15) is 9.59 Å². The minimum absolute atomic E-state index is 0.152. The van der Waals surface area contributed by atoms with E-state index in [2.05, 4.69) is 10.3 Å². The molecule has 1 heterocycles. The van der Waals surface area contributed by atoms with Crippen LogP contribution in [0.5, 0.6) is 0 Å². The summed E-state index contributed by atoms with van der Waals surface area (Å²) >= 11 is 1.29. The molecule has 0 radical (unpaired) electrons. The number of rotatable bonds is 2. The number of nitrogens with zero attached hydrogens (tertiary/aromatic N) is 4. The minimum atomic E-state index is -0.548. The number of piperazine rings is 1. The van der Waals surface area contributed by atoms with Crippen molar-refractivity contribution in [1.29, 1.82) is 5.26 Å². The molecule has 1 aliphatic rings. The molecule has 0 unspecified atom stereocenters. The normalized spacial score (nSPS) is 15.0. The Kier molecular flexibility index (Phi) is 7.29. The van der Waals surface area contributed by atoms with Gasteiger partial charge in [-0.2, -0.15) is 5.26 Å². The van der Waals surface area contributed by atoms with Crippen LogP contribution in [0.2, 0.25) is 0 Å². The molecule has 8 nitrogen and oxygen atoms in total. The van der Waals surface area contributed by atoms with Crippen LogP contribution in [0.4, 0.5) is 10.5 Å². The highest BCUT2D eigenvalue weighted by atomic mass is 32.2. The Labute approximate surface area is 169 Å². The summed E-state index contributed by atoms with van der Waals surface area (Å²) in [4.78, 5) is 32.9. The number of benzene rings is 1. The summed E-state index contributed by atoms with van der Waals surface area (Å²) in [7, 11) is 0. The third-order valence-electron chi connectivity index (χ3n) is 3.93. The molecule has 0 atom stereocenters. The maximum atomic E-state index is 13.0. The van der Waals surface area contributed by atoms with Crippen LogP contribution in [0.25, 0.3) is 0 Å². The first-order chi connectivity index (χ1) is 13.2. The Bertz CT molecular complexity index is 789. The summed E-state index contributed by atoms with van der Waals surface area (Å²) in [6, 6.07) is 7.02. The second kappa shape index (κ2) is 9.46. The molecule has 1 N–H and O–H groups in total. The molecular weight excluding hydrogens is 378 g/mol. The van der Waals surface area contributed by atoms with Crippen molar-refractivity contribution in [2.24, 2.45) is 4.99 Å². The zero-order valence-electron chi connectivity index (χ0n) is 16.6. The number of amidine groups is 1. The highest BCUT2D eigenvalue weighted by molar-refractivity contribution is 8.13. The first-order valence-electron chi connectivity index (χ1n) is 8.89. The van der Waals surface area contributed by atoms with Crippen LogP contribution in [0.3, 0.4) is 0 Å². The molecule has 0 aliphatic carbocycles. The van der Waals surface area contributed by atoms with Gasteiger partial charge in [-0.15, -0.1) is 0 Å². The van der Waals surface area contributed by atoms with E-state index in [4.69, 9.17) is 10.00 Å². The minimum Gasteiger partial charge on any atom is -0.444 e. The van der Waals surface area contributed by atoms with Crippen LogP contribution in [0.15, 0.2) is 29.3 Å². The number of aliphatic imine (C=N–C) groups is 1. The summed E-state index contributed by atoms with van der Waals surface area (Å²) in [6.45, 7) is 7.14. The monoisotopic (exact) mass is 403 g/mol. The fourth-order valence-corrected chi connectivity index (χ4v) is 2.96. The van der Waals surface area contributed by atoms with E-state index in [0.717, 1.165) is 0 Å². The van der Waals surface area contributed by atoms with Crippen molar-refractivity contribution < 1.29 is 14.3 Å². The quantitative estimate of drug-likeness (QED) is 0.353. The van der Waals surface area contributed by atoms with Gasteiger partial charge in [0, 0.05) is 26.2 Å². The topological polar surface area (TPSA) is 98.0 Å². The predicted molar refractivity (Wildman–Crippen MR) is 110 cm³/mol. The number of amides is 2. The molecule has 1 aliphatic heterocycles. The number of hydrogen-bond acceptors (Lipinski definition) is 6. The lowest BCUT2D eigenvalue weighted by Gasteiger charge is -2.35. The SMILES string of the molecule is CSC(=Nc1ccccc1C(=O)N1CCN(C(=O)OC(C)(C)C)CC1)NC#N. The highest BCUT2D eigenvalue weighted by Crippen LogP contribution is 2.23. The fourth-order valence-electron chi connectivity index (χ4n) is 2.62. The smallest absolute Gasteiger partial charge is 0.410 e. The fraction of sp³-hybridized carbons (Fsp3) is 0.474. The largest absolute Gasteiger partial charge is 0.444 e. The van der Waals surface area contributed by atoms with Gasteiger partial charge < -0.3 is 14.5 Å². The van der Waals surface area contributed by atoms with Gasteiger partial charge in [-0.25, -0.2) is 9.79 Å². The Morgan fingerprint density at radius 3 is 2.36 bits per heavy atom. The summed E-state index contributed by atoms with van der Waals surface area (Å²) in [6.07, 6.45) is 3.27. The summed E-state index contributed by atoms with van der Waals surface area (Å²) < 4.78 is 5.39. The third-order valence-corrected chi connectivity index (χ3v) is 4.51. The summed E-state index contributed by atoms with van der Waals surface area (Å²) in [5, 5.41) is 11.7. The van der Waals surface area contributed by atoms with E-state index in [1.165, 1.54) is 11.8 Å². The Hall–Kier alpha value is -2.73. The molecule has 0 spiro atoms. The number of hydrogen-bond donors (Lipinski definition) is 1. The van der Waals surface area contributed by atoms with Crippen molar-refractivity contribution in [1.82, 2.24) is 15.1 Å². The number of carbonyl (C=O) groups is 2. The first-order valence-corrected chi connectivity index (χ1v) is 10.1. The maximum Gasteiger partial charge on any atom is 0.410 e. The van der Waals surface area contributed by atoms with Gasteiger partial charge in [0.2, 0.25) is 0 Å². The van der Waals surface area contributed by atoms with Crippen LogP contribution in [-0.4, -0.2) is 65.0 Å². The van der Waals surface area contributed by atoms with Crippen LogP contribution >= 0.6 is 11.8 Å². The summed E-state index contributed by atoms with van der Waals surface area (Å²) in [5.41, 5.74) is 0.404. The van der Waals surface area contributed by atoms with E-state index in [-0.39, 0.29) is 12.0 Å². The molecule has 0 bridgehead atoms. The van der Waals surface area contributed by atoms with Gasteiger partial charge in [0.1, 0.15) is 5.60 Å². The molecule has 1 aromatic rings. The van der Waals surface area contributed by atoms with E-state index < -0.39 is 5.60 Å². The van der Waals surface area contributed by atoms with E-state index in [0.29, 0.717) is 42.6 Å². The highest BCUT2D eigenvalue weighted by Gasteiger charge is 2.28. The van der Waals surface area contributed by atoms with Gasteiger partial charge in [-0.1, -0.05) is 23.9 Å².